The molecule has 106 valence electrons. The second-order valence-corrected chi connectivity index (χ2v) is 5.25. The molecular weight excluding hydrogens is 334 g/mol. The maximum absolute atomic E-state index is 12.3. The van der Waals surface area contributed by atoms with Crippen LogP contribution in [0.15, 0.2) is 47.1 Å². The van der Waals surface area contributed by atoms with Crippen molar-refractivity contribution in [2.45, 2.75) is 6.92 Å². The lowest BCUT2D eigenvalue weighted by molar-refractivity contribution is 0.0518. The van der Waals surface area contributed by atoms with E-state index >= 15 is 0 Å². The summed E-state index contributed by atoms with van der Waals surface area (Å²) in [6, 6.07) is 11.1. The van der Waals surface area contributed by atoms with E-state index < -0.39 is 5.97 Å². The Morgan fingerprint density at radius 1 is 1.33 bits per heavy atom. The molecule has 0 N–H and O–H groups in total. The predicted molar refractivity (Wildman–Crippen MR) is 82.5 cm³/mol. The molecule has 2 aromatic heterocycles. The van der Waals surface area contributed by atoms with Gasteiger partial charge in [0, 0.05) is 10.7 Å². The summed E-state index contributed by atoms with van der Waals surface area (Å²) in [4.78, 5) is 16.5. The molecule has 0 aliphatic rings. The van der Waals surface area contributed by atoms with Crippen molar-refractivity contribution in [2.24, 2.45) is 0 Å². The van der Waals surface area contributed by atoms with Crippen molar-refractivity contribution in [3.05, 3.63) is 52.8 Å². The van der Waals surface area contributed by atoms with Crippen molar-refractivity contribution in [2.75, 3.05) is 6.61 Å². The molecule has 0 unspecified atom stereocenters. The molecular formula is C15H12BrN3O2. The van der Waals surface area contributed by atoms with E-state index in [0.717, 1.165) is 10.2 Å². The zero-order valence-electron chi connectivity index (χ0n) is 11.3. The maximum atomic E-state index is 12.3. The van der Waals surface area contributed by atoms with Gasteiger partial charge in [0.2, 0.25) is 0 Å². The van der Waals surface area contributed by atoms with E-state index in [2.05, 4.69) is 26.0 Å². The minimum Gasteiger partial charge on any atom is -0.461 e. The summed E-state index contributed by atoms with van der Waals surface area (Å²) >= 11 is 3.42. The smallest absolute Gasteiger partial charge is 0.357 e. The molecule has 0 spiro atoms. The number of rotatable bonds is 3. The van der Waals surface area contributed by atoms with E-state index in [4.69, 9.17) is 4.74 Å². The zero-order chi connectivity index (χ0) is 14.8. The highest BCUT2D eigenvalue weighted by atomic mass is 79.9. The Morgan fingerprint density at radius 3 is 2.95 bits per heavy atom. The number of aromatic nitrogens is 3. The summed E-state index contributed by atoms with van der Waals surface area (Å²) in [6.45, 7) is 2.09. The summed E-state index contributed by atoms with van der Waals surface area (Å²) < 4.78 is 7.62. The van der Waals surface area contributed by atoms with E-state index in [0.29, 0.717) is 23.3 Å². The predicted octanol–water partition coefficient (Wildman–Crippen LogP) is 3.36. The lowest BCUT2D eigenvalue weighted by atomic mass is 10.2. The number of esters is 1. The minimum atomic E-state index is -0.409. The van der Waals surface area contributed by atoms with Crippen molar-refractivity contribution in [3.63, 3.8) is 0 Å². The van der Waals surface area contributed by atoms with E-state index in [-0.39, 0.29) is 0 Å². The molecule has 21 heavy (non-hydrogen) atoms. The Balaban J connectivity index is 2.26. The molecule has 0 radical (unpaired) electrons. The molecule has 3 aromatic rings. The summed E-state index contributed by atoms with van der Waals surface area (Å²) in [5.41, 5.74) is 1.67. The lowest BCUT2D eigenvalue weighted by Gasteiger charge is -2.07. The van der Waals surface area contributed by atoms with Gasteiger partial charge in [-0.15, -0.1) is 5.10 Å². The van der Waals surface area contributed by atoms with Crippen LogP contribution in [0.2, 0.25) is 0 Å². The number of carbonyl (C=O) groups excluding carboxylic acids is 1. The summed E-state index contributed by atoms with van der Waals surface area (Å²) in [5.74, 6) is -0.409. The normalized spacial score (nSPS) is 10.8. The first-order chi connectivity index (χ1) is 10.2. The first-order valence-corrected chi connectivity index (χ1v) is 7.27. The third-order valence-corrected chi connectivity index (χ3v) is 3.46. The summed E-state index contributed by atoms with van der Waals surface area (Å²) in [6.07, 6.45) is 1.65. The van der Waals surface area contributed by atoms with Crippen molar-refractivity contribution in [1.29, 1.82) is 0 Å². The molecule has 1 aromatic carbocycles. The van der Waals surface area contributed by atoms with Crippen molar-refractivity contribution in [3.8, 4) is 5.69 Å². The number of fused-ring (bicyclic) bond motifs is 1. The molecule has 5 nitrogen and oxygen atoms in total. The van der Waals surface area contributed by atoms with Crippen LogP contribution < -0.4 is 0 Å². The van der Waals surface area contributed by atoms with Gasteiger partial charge in [-0.05, 0) is 37.3 Å². The molecule has 2 heterocycles. The monoisotopic (exact) mass is 345 g/mol. The van der Waals surface area contributed by atoms with Gasteiger partial charge in [0.1, 0.15) is 0 Å². The van der Waals surface area contributed by atoms with E-state index in [9.17, 15) is 4.79 Å². The van der Waals surface area contributed by atoms with Gasteiger partial charge < -0.3 is 4.74 Å². The van der Waals surface area contributed by atoms with Gasteiger partial charge in [0.05, 0.1) is 17.7 Å². The Bertz CT molecular complexity index is 814. The van der Waals surface area contributed by atoms with Crippen molar-refractivity contribution >= 4 is 32.9 Å². The molecule has 3 rings (SSSR count). The van der Waals surface area contributed by atoms with Gasteiger partial charge in [-0.25, -0.2) is 14.5 Å². The van der Waals surface area contributed by atoms with Crippen LogP contribution >= 0.6 is 15.9 Å². The SMILES string of the molecule is CCOC(=O)c1c2cccnc2nn1-c1cccc(Br)c1. The molecule has 0 saturated carbocycles. The van der Waals surface area contributed by atoms with Gasteiger partial charge in [0.25, 0.3) is 0 Å². The van der Waals surface area contributed by atoms with Crippen LogP contribution in [0.25, 0.3) is 16.7 Å². The third-order valence-electron chi connectivity index (χ3n) is 2.97. The van der Waals surface area contributed by atoms with Crippen molar-refractivity contribution in [1.82, 2.24) is 14.8 Å². The maximum Gasteiger partial charge on any atom is 0.357 e. The number of carbonyl (C=O) groups is 1. The number of benzene rings is 1. The van der Waals surface area contributed by atoms with E-state index in [1.807, 2.05) is 30.3 Å². The number of ether oxygens (including phenoxy) is 1. The fourth-order valence-electron chi connectivity index (χ4n) is 2.11. The molecule has 6 heteroatoms. The number of halogens is 1. The van der Waals surface area contributed by atoms with Gasteiger partial charge in [-0.1, -0.05) is 22.0 Å². The second-order valence-electron chi connectivity index (χ2n) is 4.34. The van der Waals surface area contributed by atoms with Crippen LogP contribution in [0.5, 0.6) is 0 Å². The molecule has 0 atom stereocenters. The second kappa shape index (κ2) is 5.65. The molecule has 0 saturated heterocycles. The molecule has 0 bridgehead atoms. The topological polar surface area (TPSA) is 57.0 Å². The third kappa shape index (κ3) is 2.54. The fourth-order valence-corrected chi connectivity index (χ4v) is 2.50. The molecule has 0 fully saturated rings. The molecule has 0 aliphatic heterocycles. The highest BCUT2D eigenvalue weighted by molar-refractivity contribution is 9.10. The van der Waals surface area contributed by atoms with Crippen LogP contribution in [-0.4, -0.2) is 27.3 Å². The fraction of sp³-hybridized carbons (Fsp3) is 0.133. The largest absolute Gasteiger partial charge is 0.461 e. The summed E-state index contributed by atoms with van der Waals surface area (Å²) in [5, 5.41) is 5.09. The van der Waals surface area contributed by atoms with Gasteiger partial charge in [-0.2, -0.15) is 0 Å². The number of hydrogen-bond donors (Lipinski definition) is 0. The Labute approximate surface area is 129 Å². The van der Waals surface area contributed by atoms with Crippen molar-refractivity contribution < 1.29 is 9.53 Å². The highest BCUT2D eigenvalue weighted by Crippen LogP contribution is 2.23. The Kier molecular flexibility index (Phi) is 3.70. The van der Waals surface area contributed by atoms with Gasteiger partial charge >= 0.3 is 5.97 Å². The number of pyridine rings is 1. The van der Waals surface area contributed by atoms with E-state index in [1.165, 1.54) is 0 Å². The average Bonchev–Trinajstić information content (AvgIpc) is 2.87. The standard InChI is InChI=1S/C15H12BrN3O2/c1-2-21-15(20)13-12-7-4-8-17-14(12)18-19(13)11-6-3-5-10(16)9-11/h3-9H,2H2,1H3. The Hall–Kier alpha value is -2.21. The van der Waals surface area contributed by atoms with Crippen LogP contribution in [0.1, 0.15) is 17.4 Å². The number of hydrogen-bond acceptors (Lipinski definition) is 4. The quantitative estimate of drug-likeness (QED) is 0.683. The first-order valence-electron chi connectivity index (χ1n) is 6.47. The highest BCUT2D eigenvalue weighted by Gasteiger charge is 2.21. The minimum absolute atomic E-state index is 0.310. The lowest BCUT2D eigenvalue weighted by Crippen LogP contribution is -2.12. The van der Waals surface area contributed by atoms with Crippen LogP contribution in [0.3, 0.4) is 0 Å². The zero-order valence-corrected chi connectivity index (χ0v) is 12.9. The van der Waals surface area contributed by atoms with Gasteiger partial charge in [-0.3, -0.25) is 0 Å². The summed E-state index contributed by atoms with van der Waals surface area (Å²) in [7, 11) is 0. The molecule has 0 aliphatic carbocycles. The first kappa shape index (κ1) is 13.8. The van der Waals surface area contributed by atoms with Crippen LogP contribution in [-0.2, 0) is 4.74 Å². The average molecular weight is 346 g/mol. The van der Waals surface area contributed by atoms with Crippen LogP contribution in [0.4, 0.5) is 0 Å². The molecule has 0 amide bonds. The Morgan fingerprint density at radius 2 is 2.19 bits per heavy atom. The van der Waals surface area contributed by atoms with Gasteiger partial charge in [0.15, 0.2) is 11.3 Å². The van der Waals surface area contributed by atoms with E-state index in [1.54, 1.807) is 23.9 Å². The number of nitrogens with zero attached hydrogens (tertiary/aromatic N) is 3. The van der Waals surface area contributed by atoms with Crippen LogP contribution in [0, 0.1) is 0 Å².